The van der Waals surface area contributed by atoms with Gasteiger partial charge in [-0.1, -0.05) is 22.0 Å². The molecule has 3 nitrogen and oxygen atoms in total. The summed E-state index contributed by atoms with van der Waals surface area (Å²) in [7, 11) is 0. The van der Waals surface area contributed by atoms with Gasteiger partial charge in [0.25, 0.3) is 0 Å². The van der Waals surface area contributed by atoms with Crippen molar-refractivity contribution in [1.29, 1.82) is 5.26 Å². The molecule has 20 heavy (non-hydrogen) atoms. The van der Waals surface area contributed by atoms with E-state index in [2.05, 4.69) is 32.0 Å². The molecular weight excluding hydrogens is 341 g/mol. The van der Waals surface area contributed by atoms with E-state index in [4.69, 9.17) is 5.26 Å². The van der Waals surface area contributed by atoms with E-state index < -0.39 is 0 Å². The molecule has 0 spiro atoms. The third-order valence-corrected chi connectivity index (χ3v) is 4.18. The van der Waals surface area contributed by atoms with Crippen LogP contribution >= 0.6 is 27.7 Å². The van der Waals surface area contributed by atoms with Crippen LogP contribution in [0.1, 0.15) is 22.6 Å². The van der Waals surface area contributed by atoms with E-state index in [-0.39, 0.29) is 5.82 Å². The fourth-order valence-corrected chi connectivity index (χ4v) is 3.09. The topological polar surface area (TPSA) is 49.6 Å². The summed E-state index contributed by atoms with van der Waals surface area (Å²) < 4.78 is 14.5. The molecular formula is C14H11BrFN3S. The molecule has 1 heterocycles. The van der Waals surface area contributed by atoms with Gasteiger partial charge in [-0.25, -0.2) is 14.4 Å². The van der Waals surface area contributed by atoms with Crippen LogP contribution < -0.4 is 0 Å². The molecule has 0 saturated heterocycles. The lowest BCUT2D eigenvalue weighted by molar-refractivity contribution is 0.616. The Hall–Kier alpha value is -1.45. The van der Waals surface area contributed by atoms with Crippen molar-refractivity contribution in [3.63, 3.8) is 0 Å². The maximum absolute atomic E-state index is 13.8. The van der Waals surface area contributed by atoms with Crippen molar-refractivity contribution in [3.8, 4) is 6.07 Å². The zero-order chi connectivity index (χ0) is 14.7. The summed E-state index contributed by atoms with van der Waals surface area (Å²) >= 11 is 4.57. The molecule has 1 aromatic carbocycles. The van der Waals surface area contributed by atoms with Crippen molar-refractivity contribution in [2.24, 2.45) is 0 Å². The van der Waals surface area contributed by atoms with E-state index in [0.29, 0.717) is 37.9 Å². The van der Waals surface area contributed by atoms with Crippen LogP contribution in [-0.2, 0) is 5.75 Å². The monoisotopic (exact) mass is 351 g/mol. The third-order valence-electron chi connectivity index (χ3n) is 2.66. The number of halogens is 2. The minimum Gasteiger partial charge on any atom is -0.237 e. The van der Waals surface area contributed by atoms with Crippen molar-refractivity contribution in [3.05, 3.63) is 51.1 Å². The van der Waals surface area contributed by atoms with Crippen LogP contribution in [0.3, 0.4) is 0 Å². The molecule has 1 aromatic heterocycles. The molecule has 2 aromatic rings. The standard InChI is InChI=1S/C14H11BrFN3S/c1-8-12(6-17)14(19-9(2)18-8)20-7-10-3-4-11(15)5-13(10)16/h3-5H,7H2,1-2H3. The molecule has 2 rings (SSSR count). The highest BCUT2D eigenvalue weighted by molar-refractivity contribution is 9.10. The first-order chi connectivity index (χ1) is 9.51. The average Bonchev–Trinajstić information content (AvgIpc) is 2.37. The maximum atomic E-state index is 13.8. The molecule has 0 bridgehead atoms. The number of nitriles is 1. The van der Waals surface area contributed by atoms with Gasteiger partial charge in [0.05, 0.1) is 5.69 Å². The normalized spacial score (nSPS) is 10.3. The number of rotatable bonds is 3. The van der Waals surface area contributed by atoms with Gasteiger partial charge in [0.2, 0.25) is 0 Å². The zero-order valence-electron chi connectivity index (χ0n) is 10.9. The summed E-state index contributed by atoms with van der Waals surface area (Å²) in [5.41, 5.74) is 1.69. The fraction of sp³-hybridized carbons (Fsp3) is 0.214. The smallest absolute Gasteiger partial charge is 0.128 e. The highest BCUT2D eigenvalue weighted by Gasteiger charge is 2.12. The molecule has 0 fully saturated rings. The number of aromatic nitrogens is 2. The Morgan fingerprint density at radius 3 is 2.75 bits per heavy atom. The Kier molecular flexibility index (Phi) is 4.73. The predicted octanol–water partition coefficient (Wildman–Crippen LogP) is 4.16. The van der Waals surface area contributed by atoms with Gasteiger partial charge in [-0.05, 0) is 31.5 Å². The van der Waals surface area contributed by atoms with Crippen LogP contribution in [0.25, 0.3) is 0 Å². The van der Waals surface area contributed by atoms with Crippen LogP contribution in [0.5, 0.6) is 0 Å². The molecule has 0 radical (unpaired) electrons. The van der Waals surface area contributed by atoms with Gasteiger partial charge in [-0.15, -0.1) is 11.8 Å². The Morgan fingerprint density at radius 2 is 2.10 bits per heavy atom. The second-order valence-electron chi connectivity index (χ2n) is 4.17. The lowest BCUT2D eigenvalue weighted by atomic mass is 10.2. The number of thioether (sulfide) groups is 1. The third kappa shape index (κ3) is 3.35. The van der Waals surface area contributed by atoms with Gasteiger partial charge in [0.15, 0.2) is 0 Å². The Labute approximate surface area is 129 Å². The minimum absolute atomic E-state index is 0.270. The van der Waals surface area contributed by atoms with E-state index in [1.807, 2.05) is 0 Å². The van der Waals surface area contributed by atoms with Crippen molar-refractivity contribution < 1.29 is 4.39 Å². The van der Waals surface area contributed by atoms with Crippen LogP contribution in [0.2, 0.25) is 0 Å². The molecule has 0 aliphatic heterocycles. The van der Waals surface area contributed by atoms with E-state index in [9.17, 15) is 4.39 Å². The van der Waals surface area contributed by atoms with Crippen molar-refractivity contribution in [1.82, 2.24) is 9.97 Å². The molecule has 0 N–H and O–H groups in total. The second-order valence-corrected chi connectivity index (χ2v) is 6.05. The predicted molar refractivity (Wildman–Crippen MR) is 79.9 cm³/mol. The van der Waals surface area contributed by atoms with Gasteiger partial charge in [0, 0.05) is 10.2 Å². The first kappa shape index (κ1) is 14.9. The Balaban J connectivity index is 2.25. The zero-order valence-corrected chi connectivity index (χ0v) is 13.3. The molecule has 0 unspecified atom stereocenters. The van der Waals surface area contributed by atoms with Crippen molar-refractivity contribution in [2.45, 2.75) is 24.6 Å². The lowest BCUT2D eigenvalue weighted by Gasteiger charge is -2.07. The largest absolute Gasteiger partial charge is 0.237 e. The molecule has 0 aliphatic carbocycles. The Bertz CT molecular complexity index is 698. The average molecular weight is 352 g/mol. The van der Waals surface area contributed by atoms with Crippen LogP contribution in [0.4, 0.5) is 4.39 Å². The quantitative estimate of drug-likeness (QED) is 0.615. The molecule has 102 valence electrons. The summed E-state index contributed by atoms with van der Waals surface area (Å²) in [5.74, 6) is 0.761. The maximum Gasteiger partial charge on any atom is 0.128 e. The molecule has 6 heteroatoms. The van der Waals surface area contributed by atoms with E-state index in [0.717, 1.165) is 0 Å². The molecule has 0 aliphatic rings. The highest BCUT2D eigenvalue weighted by atomic mass is 79.9. The Morgan fingerprint density at radius 1 is 1.35 bits per heavy atom. The van der Waals surface area contributed by atoms with Crippen molar-refractivity contribution >= 4 is 27.7 Å². The molecule has 0 amide bonds. The minimum atomic E-state index is -0.270. The van der Waals surface area contributed by atoms with Gasteiger partial charge < -0.3 is 0 Å². The van der Waals surface area contributed by atoms with Gasteiger partial charge >= 0.3 is 0 Å². The summed E-state index contributed by atoms with van der Waals surface area (Å²) in [5, 5.41) is 9.75. The SMILES string of the molecule is Cc1nc(C)c(C#N)c(SCc2ccc(Br)cc2F)n1. The van der Waals surface area contributed by atoms with Crippen LogP contribution in [0, 0.1) is 31.0 Å². The van der Waals surface area contributed by atoms with E-state index in [1.54, 1.807) is 26.0 Å². The van der Waals surface area contributed by atoms with Gasteiger partial charge in [0.1, 0.15) is 28.3 Å². The van der Waals surface area contributed by atoms with E-state index in [1.165, 1.54) is 17.8 Å². The van der Waals surface area contributed by atoms with Crippen LogP contribution in [-0.4, -0.2) is 9.97 Å². The van der Waals surface area contributed by atoms with Crippen LogP contribution in [0.15, 0.2) is 27.7 Å². The first-order valence-corrected chi connectivity index (χ1v) is 7.61. The first-order valence-electron chi connectivity index (χ1n) is 5.83. The number of nitrogens with zero attached hydrogens (tertiary/aromatic N) is 3. The van der Waals surface area contributed by atoms with E-state index >= 15 is 0 Å². The molecule has 0 atom stereocenters. The highest BCUT2D eigenvalue weighted by Crippen LogP contribution is 2.27. The summed E-state index contributed by atoms with van der Waals surface area (Å²) in [6, 6.07) is 7.05. The lowest BCUT2D eigenvalue weighted by Crippen LogP contribution is -1.99. The van der Waals surface area contributed by atoms with Crippen molar-refractivity contribution in [2.75, 3.05) is 0 Å². The fourth-order valence-electron chi connectivity index (χ4n) is 1.70. The number of aryl methyl sites for hydroxylation is 2. The van der Waals surface area contributed by atoms with Gasteiger partial charge in [-0.3, -0.25) is 0 Å². The number of hydrogen-bond acceptors (Lipinski definition) is 4. The van der Waals surface area contributed by atoms with Gasteiger partial charge in [-0.2, -0.15) is 5.26 Å². The second kappa shape index (κ2) is 6.33. The number of hydrogen-bond donors (Lipinski definition) is 0. The summed E-state index contributed by atoms with van der Waals surface area (Å²) in [6.45, 7) is 3.55. The summed E-state index contributed by atoms with van der Waals surface area (Å²) in [4.78, 5) is 8.43. The molecule has 0 saturated carbocycles. The summed E-state index contributed by atoms with van der Waals surface area (Å²) in [6.07, 6.45) is 0. The number of benzene rings is 1.